The molecule has 0 saturated heterocycles. The second-order valence-electron chi connectivity index (χ2n) is 4.97. The van der Waals surface area contributed by atoms with Gasteiger partial charge >= 0.3 is 0 Å². The summed E-state index contributed by atoms with van der Waals surface area (Å²) >= 11 is 3.11. The molecule has 9 heteroatoms. The lowest BCUT2D eigenvalue weighted by Crippen LogP contribution is -2.31. The van der Waals surface area contributed by atoms with Crippen LogP contribution in [-0.4, -0.2) is 19.9 Å². The summed E-state index contributed by atoms with van der Waals surface area (Å²) in [6.07, 6.45) is 0. The number of anilines is 1. The van der Waals surface area contributed by atoms with Crippen molar-refractivity contribution in [1.29, 1.82) is 0 Å². The van der Waals surface area contributed by atoms with Gasteiger partial charge in [0.15, 0.2) is 0 Å². The minimum absolute atomic E-state index is 0.0252. The average Bonchev–Trinajstić information content (AvgIpc) is 2.49. The summed E-state index contributed by atoms with van der Waals surface area (Å²) in [6.45, 7) is 3.05. The predicted octanol–water partition coefficient (Wildman–Crippen LogP) is 4.02. The van der Waals surface area contributed by atoms with Gasteiger partial charge in [0.2, 0.25) is 0 Å². The van der Waals surface area contributed by atoms with E-state index >= 15 is 0 Å². The van der Waals surface area contributed by atoms with Crippen LogP contribution in [0, 0.1) is 22.9 Å². The Morgan fingerprint density at radius 3 is 2.46 bits per heavy atom. The van der Waals surface area contributed by atoms with Crippen LogP contribution in [0.25, 0.3) is 0 Å². The molecule has 6 nitrogen and oxygen atoms in total. The maximum absolute atomic E-state index is 14.2. The van der Waals surface area contributed by atoms with E-state index in [2.05, 4.69) is 15.9 Å². The number of nitro groups is 1. The van der Waals surface area contributed by atoms with Gasteiger partial charge in [0.05, 0.1) is 15.5 Å². The maximum Gasteiger partial charge on any atom is 0.273 e. The molecule has 0 amide bonds. The first-order chi connectivity index (χ1) is 11.2. The Morgan fingerprint density at radius 1 is 1.25 bits per heavy atom. The highest BCUT2D eigenvalue weighted by molar-refractivity contribution is 9.10. The fraction of sp³-hybridized carbons (Fsp3) is 0.200. The molecule has 0 aromatic heterocycles. The van der Waals surface area contributed by atoms with Crippen LogP contribution in [0.15, 0.2) is 45.8 Å². The van der Waals surface area contributed by atoms with Crippen LogP contribution in [0.5, 0.6) is 0 Å². The monoisotopic (exact) mass is 416 g/mol. The van der Waals surface area contributed by atoms with Gasteiger partial charge in [-0.25, -0.2) is 12.8 Å². The standard InChI is InChI=1S/C15H14BrFN2O4S/c1-3-18(14-7-5-11(16)8-13(14)17)24(22,23)12-6-4-10(2)15(9-12)19(20)21/h4-9H,3H2,1-2H3. The zero-order valence-corrected chi connectivity index (χ0v) is 15.3. The number of hydrogen-bond donors (Lipinski definition) is 0. The number of aryl methyl sites for hydroxylation is 1. The molecule has 0 spiro atoms. The molecule has 2 aromatic carbocycles. The Hall–Kier alpha value is -2.00. The van der Waals surface area contributed by atoms with E-state index < -0.39 is 20.8 Å². The number of rotatable bonds is 5. The fourth-order valence-electron chi connectivity index (χ4n) is 2.23. The molecule has 0 bridgehead atoms. The number of benzene rings is 2. The topological polar surface area (TPSA) is 80.5 Å². The molecule has 0 aliphatic heterocycles. The summed E-state index contributed by atoms with van der Waals surface area (Å²) in [7, 11) is -4.14. The van der Waals surface area contributed by atoms with E-state index in [9.17, 15) is 22.9 Å². The molecular weight excluding hydrogens is 403 g/mol. The van der Waals surface area contributed by atoms with Crippen LogP contribution >= 0.6 is 15.9 Å². The number of hydrogen-bond acceptors (Lipinski definition) is 4. The van der Waals surface area contributed by atoms with Gasteiger partial charge in [-0.1, -0.05) is 22.0 Å². The Kier molecular flexibility index (Phi) is 5.24. The van der Waals surface area contributed by atoms with Crippen LogP contribution in [0.1, 0.15) is 12.5 Å². The normalized spacial score (nSPS) is 11.3. The zero-order valence-electron chi connectivity index (χ0n) is 12.9. The van der Waals surface area contributed by atoms with Crippen molar-refractivity contribution >= 4 is 37.3 Å². The van der Waals surface area contributed by atoms with E-state index in [0.29, 0.717) is 10.0 Å². The van der Waals surface area contributed by atoms with Crippen LogP contribution in [0.4, 0.5) is 15.8 Å². The summed E-state index contributed by atoms with van der Waals surface area (Å²) in [5.41, 5.74) is -0.0795. The lowest BCUT2D eigenvalue weighted by atomic mass is 10.2. The lowest BCUT2D eigenvalue weighted by molar-refractivity contribution is -0.385. The Labute approximate surface area is 147 Å². The highest BCUT2D eigenvalue weighted by Crippen LogP contribution is 2.30. The van der Waals surface area contributed by atoms with Gasteiger partial charge in [0.25, 0.3) is 15.7 Å². The fourth-order valence-corrected chi connectivity index (χ4v) is 4.06. The Bertz CT molecular complexity index is 902. The molecule has 0 N–H and O–H groups in total. The molecule has 2 aromatic rings. The Balaban J connectivity index is 2.59. The average molecular weight is 417 g/mol. The van der Waals surface area contributed by atoms with E-state index in [1.165, 1.54) is 31.2 Å². The number of nitro benzene ring substituents is 1. The molecule has 128 valence electrons. The third-order valence-corrected chi connectivity index (χ3v) is 5.81. The molecule has 0 aliphatic carbocycles. The van der Waals surface area contributed by atoms with Gasteiger partial charge in [0, 0.05) is 22.6 Å². The second-order valence-corrected chi connectivity index (χ2v) is 7.75. The molecule has 0 saturated carbocycles. The smallest absolute Gasteiger partial charge is 0.264 e. The van der Waals surface area contributed by atoms with Crippen molar-refractivity contribution in [1.82, 2.24) is 0 Å². The molecule has 0 heterocycles. The van der Waals surface area contributed by atoms with Crippen LogP contribution in [0.2, 0.25) is 0 Å². The number of halogens is 2. The number of nitrogens with zero attached hydrogens (tertiary/aromatic N) is 2. The molecule has 0 aliphatic rings. The van der Waals surface area contributed by atoms with Crippen molar-refractivity contribution in [2.45, 2.75) is 18.7 Å². The molecular formula is C15H14BrFN2O4S. The van der Waals surface area contributed by atoms with E-state index in [1.54, 1.807) is 6.92 Å². The van der Waals surface area contributed by atoms with Crippen molar-refractivity contribution in [3.63, 3.8) is 0 Å². The van der Waals surface area contributed by atoms with Crippen LogP contribution in [-0.2, 0) is 10.0 Å². The van der Waals surface area contributed by atoms with E-state index in [4.69, 9.17) is 0 Å². The predicted molar refractivity (Wildman–Crippen MR) is 92.1 cm³/mol. The summed E-state index contributed by atoms with van der Waals surface area (Å²) in [5.74, 6) is -0.712. The van der Waals surface area contributed by atoms with Crippen molar-refractivity contribution in [3.8, 4) is 0 Å². The minimum atomic E-state index is -4.14. The quantitative estimate of drug-likeness (QED) is 0.544. The lowest BCUT2D eigenvalue weighted by Gasteiger charge is -2.23. The third-order valence-electron chi connectivity index (χ3n) is 3.43. The molecule has 0 fully saturated rings. The van der Waals surface area contributed by atoms with Gasteiger partial charge < -0.3 is 0 Å². The highest BCUT2D eigenvalue weighted by atomic mass is 79.9. The molecule has 0 radical (unpaired) electrons. The summed E-state index contributed by atoms with van der Waals surface area (Å²) in [6, 6.07) is 7.64. The molecule has 2 rings (SSSR count). The van der Waals surface area contributed by atoms with Gasteiger partial charge in [0.1, 0.15) is 5.82 Å². The molecule has 24 heavy (non-hydrogen) atoms. The van der Waals surface area contributed by atoms with Crippen LogP contribution < -0.4 is 4.31 Å². The third kappa shape index (κ3) is 3.41. The second kappa shape index (κ2) is 6.86. The number of sulfonamides is 1. The largest absolute Gasteiger partial charge is 0.273 e. The minimum Gasteiger partial charge on any atom is -0.264 e. The first-order valence-electron chi connectivity index (χ1n) is 6.91. The highest BCUT2D eigenvalue weighted by Gasteiger charge is 2.28. The molecule has 0 unspecified atom stereocenters. The van der Waals surface area contributed by atoms with E-state index in [1.807, 2.05) is 0 Å². The van der Waals surface area contributed by atoms with E-state index in [0.717, 1.165) is 16.4 Å². The molecule has 0 atom stereocenters. The Morgan fingerprint density at radius 2 is 1.92 bits per heavy atom. The first-order valence-corrected chi connectivity index (χ1v) is 9.14. The summed E-state index contributed by atoms with van der Waals surface area (Å²) in [4.78, 5) is 10.1. The van der Waals surface area contributed by atoms with Crippen molar-refractivity contribution < 1.29 is 17.7 Å². The SMILES string of the molecule is CCN(c1ccc(Br)cc1F)S(=O)(=O)c1ccc(C)c([N+](=O)[O-])c1. The van der Waals surface area contributed by atoms with Gasteiger partial charge in [-0.05, 0) is 38.1 Å². The van der Waals surface area contributed by atoms with Gasteiger partial charge in [-0.15, -0.1) is 0 Å². The maximum atomic E-state index is 14.2. The first kappa shape index (κ1) is 18.3. The zero-order chi connectivity index (χ0) is 18.1. The van der Waals surface area contributed by atoms with Crippen molar-refractivity contribution in [2.24, 2.45) is 0 Å². The van der Waals surface area contributed by atoms with Crippen LogP contribution in [0.3, 0.4) is 0 Å². The van der Waals surface area contributed by atoms with Crippen molar-refractivity contribution in [2.75, 3.05) is 10.8 Å². The van der Waals surface area contributed by atoms with Crippen molar-refractivity contribution in [3.05, 3.63) is 62.4 Å². The van der Waals surface area contributed by atoms with Gasteiger partial charge in [-0.2, -0.15) is 0 Å². The van der Waals surface area contributed by atoms with Gasteiger partial charge in [-0.3, -0.25) is 14.4 Å². The summed E-state index contributed by atoms with van der Waals surface area (Å²) in [5, 5.41) is 11.0. The van der Waals surface area contributed by atoms with E-state index in [-0.39, 0.29) is 22.8 Å². The summed E-state index contributed by atoms with van der Waals surface area (Å²) < 4.78 is 41.1.